The van der Waals surface area contributed by atoms with E-state index in [1.165, 1.54) is 13.8 Å². The van der Waals surface area contributed by atoms with E-state index in [2.05, 4.69) is 5.32 Å². The minimum absolute atomic E-state index is 0.0344. The molecule has 0 bridgehead atoms. The molecule has 0 radical (unpaired) electrons. The molecule has 0 amide bonds. The summed E-state index contributed by atoms with van der Waals surface area (Å²) in [5, 5.41) is 2.24. The van der Waals surface area contributed by atoms with Crippen LogP contribution in [0.15, 0.2) is 6.07 Å². The van der Waals surface area contributed by atoms with Gasteiger partial charge in [-0.1, -0.05) is 6.92 Å². The van der Waals surface area contributed by atoms with E-state index in [4.69, 9.17) is 0 Å². The summed E-state index contributed by atoms with van der Waals surface area (Å²) in [4.78, 5) is 0.750. The lowest BCUT2D eigenvalue weighted by Gasteiger charge is -2.29. The molecular formula is C11H14F5NS. The van der Waals surface area contributed by atoms with E-state index < -0.39 is 18.1 Å². The highest BCUT2D eigenvalue weighted by Gasteiger charge is 2.63. The van der Waals surface area contributed by atoms with Crippen LogP contribution in [0.5, 0.6) is 0 Å². The fourth-order valence-electron chi connectivity index (χ4n) is 1.70. The van der Waals surface area contributed by atoms with Gasteiger partial charge in [-0.25, -0.2) is 0 Å². The number of thiophene rings is 1. The van der Waals surface area contributed by atoms with E-state index in [9.17, 15) is 22.0 Å². The summed E-state index contributed by atoms with van der Waals surface area (Å²) in [6.07, 6.45) is -5.57. The Kier molecular flexibility index (Phi) is 4.38. The molecule has 1 aromatic heterocycles. The van der Waals surface area contributed by atoms with Crippen LogP contribution in [0.3, 0.4) is 0 Å². The Morgan fingerprint density at radius 2 is 1.78 bits per heavy atom. The van der Waals surface area contributed by atoms with Crippen LogP contribution in [0.1, 0.15) is 28.3 Å². The van der Waals surface area contributed by atoms with Gasteiger partial charge in [0.2, 0.25) is 0 Å². The summed E-state index contributed by atoms with van der Waals surface area (Å²) >= 11 is 0.963. The number of rotatable bonds is 4. The molecule has 1 aromatic rings. The van der Waals surface area contributed by atoms with Gasteiger partial charge in [-0.3, -0.25) is 0 Å². The van der Waals surface area contributed by atoms with E-state index in [0.717, 1.165) is 11.3 Å². The second-order valence-electron chi connectivity index (χ2n) is 4.02. The summed E-state index contributed by atoms with van der Waals surface area (Å²) in [6, 6.07) is -0.419. The molecule has 0 fully saturated rings. The van der Waals surface area contributed by atoms with Gasteiger partial charge in [0.15, 0.2) is 0 Å². The smallest absolute Gasteiger partial charge is 0.304 e. The van der Waals surface area contributed by atoms with Gasteiger partial charge < -0.3 is 5.32 Å². The van der Waals surface area contributed by atoms with Crippen LogP contribution < -0.4 is 5.32 Å². The predicted molar refractivity (Wildman–Crippen MR) is 61.2 cm³/mol. The first kappa shape index (κ1) is 15.4. The molecule has 1 unspecified atom stereocenters. The van der Waals surface area contributed by atoms with E-state index in [-0.39, 0.29) is 11.4 Å². The van der Waals surface area contributed by atoms with Gasteiger partial charge >= 0.3 is 12.1 Å². The third-order valence-corrected chi connectivity index (χ3v) is 3.71. The largest absolute Gasteiger partial charge is 0.455 e. The van der Waals surface area contributed by atoms with Crippen LogP contribution in [-0.2, 0) is 0 Å². The fourth-order valence-corrected chi connectivity index (χ4v) is 2.85. The normalized spacial score (nSPS) is 14.9. The Labute approximate surface area is 106 Å². The number of aryl methyl sites for hydroxylation is 2. The molecule has 0 saturated carbocycles. The molecule has 0 aliphatic heterocycles. The standard InChI is InChI=1S/C11H14F5NS/c1-4-17-9(10(12,13)11(14,15)16)8-6(2)5-7(3)18-8/h5,9,17H,4H2,1-3H3. The zero-order chi connectivity index (χ0) is 14.1. The average Bonchev–Trinajstić information content (AvgIpc) is 2.52. The average molecular weight is 287 g/mol. The monoisotopic (exact) mass is 287 g/mol. The fraction of sp³-hybridized carbons (Fsp3) is 0.636. The first-order valence-electron chi connectivity index (χ1n) is 5.36. The van der Waals surface area contributed by atoms with Crippen molar-refractivity contribution in [2.24, 2.45) is 0 Å². The number of nitrogens with one attached hydrogen (secondary N) is 1. The van der Waals surface area contributed by atoms with Crippen molar-refractivity contribution in [2.75, 3.05) is 6.54 Å². The lowest BCUT2D eigenvalue weighted by Crippen LogP contribution is -2.47. The molecule has 1 atom stereocenters. The molecule has 1 heterocycles. The molecule has 0 aliphatic rings. The Morgan fingerprint density at radius 1 is 1.22 bits per heavy atom. The topological polar surface area (TPSA) is 12.0 Å². The lowest BCUT2D eigenvalue weighted by atomic mass is 10.0. The Bertz CT molecular complexity index is 410. The molecule has 1 N–H and O–H groups in total. The zero-order valence-corrected chi connectivity index (χ0v) is 11.0. The summed E-state index contributed by atoms with van der Waals surface area (Å²) < 4.78 is 64.3. The molecule has 7 heteroatoms. The Morgan fingerprint density at radius 3 is 2.11 bits per heavy atom. The van der Waals surface area contributed by atoms with Crippen molar-refractivity contribution >= 4 is 11.3 Å². The first-order valence-corrected chi connectivity index (χ1v) is 6.17. The van der Waals surface area contributed by atoms with Crippen molar-refractivity contribution in [1.82, 2.24) is 5.32 Å². The molecule has 0 aliphatic carbocycles. The number of hydrogen-bond donors (Lipinski definition) is 1. The molecule has 1 nitrogen and oxygen atoms in total. The Hall–Kier alpha value is -0.690. The quantitative estimate of drug-likeness (QED) is 0.818. The Balaban J connectivity index is 3.22. The van der Waals surface area contributed by atoms with Crippen LogP contribution in [-0.4, -0.2) is 18.6 Å². The molecule has 0 saturated heterocycles. The van der Waals surface area contributed by atoms with E-state index in [1.807, 2.05) is 0 Å². The summed E-state index contributed by atoms with van der Waals surface area (Å²) in [5.41, 5.74) is 0.451. The van der Waals surface area contributed by atoms with Gasteiger partial charge in [-0.2, -0.15) is 22.0 Å². The highest BCUT2D eigenvalue weighted by molar-refractivity contribution is 7.12. The van der Waals surface area contributed by atoms with Gasteiger partial charge in [0.05, 0.1) is 0 Å². The van der Waals surface area contributed by atoms with Crippen LogP contribution >= 0.6 is 11.3 Å². The minimum atomic E-state index is -5.57. The van der Waals surface area contributed by atoms with Crippen molar-refractivity contribution < 1.29 is 22.0 Å². The van der Waals surface area contributed by atoms with Crippen molar-refractivity contribution in [3.63, 3.8) is 0 Å². The van der Waals surface area contributed by atoms with Crippen LogP contribution in [0, 0.1) is 13.8 Å². The number of hydrogen-bond acceptors (Lipinski definition) is 2. The first-order chi connectivity index (χ1) is 8.11. The predicted octanol–water partition coefficient (Wildman–Crippen LogP) is 4.21. The highest BCUT2D eigenvalue weighted by atomic mass is 32.1. The van der Waals surface area contributed by atoms with E-state index in [0.29, 0.717) is 10.4 Å². The molecule has 18 heavy (non-hydrogen) atoms. The maximum atomic E-state index is 13.5. The highest BCUT2D eigenvalue weighted by Crippen LogP contribution is 2.46. The minimum Gasteiger partial charge on any atom is -0.304 e. The van der Waals surface area contributed by atoms with Gasteiger partial charge in [-0.15, -0.1) is 11.3 Å². The van der Waals surface area contributed by atoms with Crippen LogP contribution in [0.25, 0.3) is 0 Å². The summed E-state index contributed by atoms with van der Waals surface area (Å²) in [7, 11) is 0. The zero-order valence-electron chi connectivity index (χ0n) is 10.2. The van der Waals surface area contributed by atoms with Crippen molar-refractivity contribution in [3.8, 4) is 0 Å². The molecule has 0 spiro atoms. The lowest BCUT2D eigenvalue weighted by molar-refractivity contribution is -0.294. The maximum absolute atomic E-state index is 13.5. The molecule has 1 rings (SSSR count). The van der Waals surface area contributed by atoms with E-state index in [1.54, 1.807) is 13.0 Å². The SMILES string of the molecule is CCNC(c1sc(C)cc1C)C(F)(F)C(F)(F)F. The number of alkyl halides is 5. The van der Waals surface area contributed by atoms with Crippen LogP contribution in [0.2, 0.25) is 0 Å². The number of halogens is 5. The second kappa shape index (κ2) is 5.13. The maximum Gasteiger partial charge on any atom is 0.455 e. The third-order valence-electron chi connectivity index (χ3n) is 2.49. The second-order valence-corrected chi connectivity index (χ2v) is 5.30. The van der Waals surface area contributed by atoms with Crippen molar-refractivity contribution in [3.05, 3.63) is 21.4 Å². The van der Waals surface area contributed by atoms with Gasteiger partial charge in [0.25, 0.3) is 0 Å². The van der Waals surface area contributed by atoms with Crippen LogP contribution in [0.4, 0.5) is 22.0 Å². The van der Waals surface area contributed by atoms with Gasteiger partial charge in [-0.05, 0) is 32.0 Å². The van der Waals surface area contributed by atoms with Crippen molar-refractivity contribution in [1.29, 1.82) is 0 Å². The molecule has 104 valence electrons. The molecule has 0 aromatic carbocycles. The van der Waals surface area contributed by atoms with Crippen molar-refractivity contribution in [2.45, 2.75) is 38.9 Å². The van der Waals surface area contributed by atoms with E-state index >= 15 is 0 Å². The third kappa shape index (κ3) is 2.83. The molecular weight excluding hydrogens is 273 g/mol. The van der Waals surface area contributed by atoms with Gasteiger partial charge in [0.1, 0.15) is 6.04 Å². The van der Waals surface area contributed by atoms with Gasteiger partial charge in [0, 0.05) is 9.75 Å². The summed E-state index contributed by atoms with van der Waals surface area (Å²) in [5.74, 6) is -4.79. The summed E-state index contributed by atoms with van der Waals surface area (Å²) in [6.45, 7) is 4.74.